The first kappa shape index (κ1) is 26.5. The maximum Gasteiger partial charge on any atom is 0.215 e. The number of rotatable bonds is 2. The van der Waals surface area contributed by atoms with Crippen LogP contribution in [-0.4, -0.2) is 42.6 Å². The Morgan fingerprint density at radius 2 is 0.900 bits per heavy atom. The molecule has 0 radical (unpaired) electrons. The van der Waals surface area contributed by atoms with E-state index in [4.69, 9.17) is 0 Å². The molecule has 0 aromatic heterocycles. The molecule has 0 unspecified atom stereocenters. The number of halogens is 2. The molecule has 6 heteroatoms. The molecule has 0 nitrogen and oxygen atoms in total. The lowest BCUT2D eigenvalue weighted by Crippen LogP contribution is -2.27. The summed E-state index contributed by atoms with van der Waals surface area (Å²) in [6.07, 6.45) is 0. The average molecular weight is 359 g/mol. The van der Waals surface area contributed by atoms with Gasteiger partial charge >= 0.3 is 0 Å². The van der Waals surface area contributed by atoms with Crippen molar-refractivity contribution < 1.29 is 0 Å². The average Bonchev–Trinajstić information content (AvgIpc) is 2.26. The highest BCUT2D eigenvalue weighted by Crippen LogP contribution is 2.66. The van der Waals surface area contributed by atoms with Gasteiger partial charge in [-0.1, -0.05) is 78.2 Å². The van der Waals surface area contributed by atoms with Crippen molar-refractivity contribution in [1.82, 2.24) is 0 Å². The van der Waals surface area contributed by atoms with Crippen LogP contribution in [0.5, 0.6) is 0 Å². The Hall–Kier alpha value is 1.57. The van der Waals surface area contributed by atoms with Crippen molar-refractivity contribution in [1.29, 1.82) is 0 Å². The fraction of sp³-hybridized carbons (Fsp3) is 1.00. The summed E-state index contributed by atoms with van der Waals surface area (Å²) in [6, 6.07) is 0. The van der Waals surface area contributed by atoms with Gasteiger partial charge in [0.05, 0.1) is 0 Å². The minimum Gasteiger partial charge on any atom is -0.206 e. The molecule has 1 atom stereocenters. The Morgan fingerprint density at radius 1 is 0.650 bits per heavy atom. The smallest absolute Gasteiger partial charge is 0.206 e. The van der Waals surface area contributed by atoms with Crippen LogP contribution in [0.2, 0.25) is 0 Å². The van der Waals surface area contributed by atoms with Crippen LogP contribution >= 0.6 is 38.8 Å². The standard InChI is InChI=1S/C14H32P2.2BClH2/c1-12(2,3)15(10)11-16(13(4,5)6)14(7,8)9;2*1-2/h11H2,1-10H3;2*1H2/t15-;;/m0../s1. The van der Waals surface area contributed by atoms with Gasteiger partial charge in [0, 0.05) is 0 Å². The predicted molar refractivity (Wildman–Crippen MR) is 113 cm³/mol. The van der Waals surface area contributed by atoms with Crippen LogP contribution in [0.1, 0.15) is 62.3 Å². The molecular formula is C14H36B2Cl2P2. The molecule has 0 aromatic carbocycles. The van der Waals surface area contributed by atoms with Gasteiger partial charge in [0.2, 0.25) is 14.5 Å². The van der Waals surface area contributed by atoms with E-state index in [0.717, 1.165) is 0 Å². The van der Waals surface area contributed by atoms with Gasteiger partial charge in [0.1, 0.15) is 0 Å². The third-order valence-electron chi connectivity index (χ3n) is 3.12. The molecule has 0 aliphatic heterocycles. The van der Waals surface area contributed by atoms with Gasteiger partial charge in [-0.25, -0.2) is 22.9 Å². The van der Waals surface area contributed by atoms with E-state index in [1.807, 2.05) is 0 Å². The Morgan fingerprint density at radius 3 is 1.05 bits per heavy atom. The van der Waals surface area contributed by atoms with Crippen LogP contribution in [0.25, 0.3) is 0 Å². The van der Waals surface area contributed by atoms with Gasteiger partial charge in [-0.3, -0.25) is 0 Å². The van der Waals surface area contributed by atoms with Gasteiger partial charge < -0.3 is 0 Å². The largest absolute Gasteiger partial charge is 0.215 e. The first-order valence-electron chi connectivity index (χ1n) is 7.01. The van der Waals surface area contributed by atoms with Crippen LogP contribution in [-0.2, 0) is 0 Å². The fourth-order valence-electron chi connectivity index (χ4n) is 1.85. The summed E-state index contributed by atoms with van der Waals surface area (Å²) in [5, 5.41) is 1.47. The third-order valence-corrected chi connectivity index (χ3v) is 11.5. The molecule has 0 heterocycles. The highest BCUT2D eigenvalue weighted by atomic mass is 35.5. The molecule has 0 saturated heterocycles. The van der Waals surface area contributed by atoms with E-state index in [-0.39, 0.29) is 15.8 Å². The predicted octanol–water partition coefficient (Wildman–Crippen LogP) is 5.48. The second-order valence-electron chi connectivity index (χ2n) is 7.78. The number of hydrogen-bond donors (Lipinski definition) is 0. The quantitative estimate of drug-likeness (QED) is 0.453. The first-order valence-corrected chi connectivity index (χ1v) is 12.0. The summed E-state index contributed by atoms with van der Waals surface area (Å²) in [4.78, 5) is 0. The molecule has 20 heavy (non-hydrogen) atoms. The van der Waals surface area contributed by atoms with Crippen LogP contribution in [0.3, 0.4) is 0 Å². The summed E-state index contributed by atoms with van der Waals surface area (Å²) in [5.41, 5.74) is 0. The van der Waals surface area contributed by atoms with Crippen molar-refractivity contribution in [3.63, 3.8) is 0 Å². The fourth-order valence-corrected chi connectivity index (χ4v) is 10.7. The van der Waals surface area contributed by atoms with E-state index >= 15 is 0 Å². The monoisotopic (exact) mass is 358 g/mol. The third kappa shape index (κ3) is 12.1. The molecular weight excluding hydrogens is 323 g/mol. The maximum atomic E-state index is 4.64. The van der Waals surface area contributed by atoms with Gasteiger partial charge in [-0.15, -0.1) is 0 Å². The Balaban J connectivity index is -0.000000656. The summed E-state index contributed by atoms with van der Waals surface area (Å²) < 4.78 is 0. The minimum atomic E-state index is 0.0824. The van der Waals surface area contributed by atoms with E-state index in [0.29, 0.717) is 15.5 Å². The summed E-state index contributed by atoms with van der Waals surface area (Å²) in [5.74, 6) is 1.46. The SMILES string of the molecule is BCl.BCl.C[P@@](CP(C(C)(C)C)C(C)(C)C)C(C)(C)C. The zero-order chi connectivity index (χ0) is 17.4. The first-order chi connectivity index (χ1) is 8.76. The highest BCUT2D eigenvalue weighted by molar-refractivity contribution is 7.76. The van der Waals surface area contributed by atoms with Crippen molar-refractivity contribution in [3.05, 3.63) is 0 Å². The van der Waals surface area contributed by atoms with Crippen LogP contribution < -0.4 is 0 Å². The van der Waals surface area contributed by atoms with Crippen molar-refractivity contribution >= 4 is 53.3 Å². The molecule has 0 amide bonds. The lowest BCUT2D eigenvalue weighted by molar-refractivity contribution is 0.708. The van der Waals surface area contributed by atoms with Crippen molar-refractivity contribution in [2.24, 2.45) is 0 Å². The molecule has 0 aliphatic carbocycles. The Labute approximate surface area is 143 Å². The van der Waals surface area contributed by atoms with Crippen molar-refractivity contribution in [2.75, 3.05) is 12.6 Å². The molecule has 0 fully saturated rings. The Kier molecular flexibility index (Phi) is 14.8. The van der Waals surface area contributed by atoms with Gasteiger partial charge in [0.15, 0.2) is 0 Å². The van der Waals surface area contributed by atoms with E-state index < -0.39 is 0 Å². The van der Waals surface area contributed by atoms with Crippen LogP contribution in [0, 0.1) is 0 Å². The van der Waals surface area contributed by atoms with E-state index in [2.05, 4.69) is 91.9 Å². The zero-order valence-corrected chi connectivity index (χ0v) is 19.2. The molecule has 0 N–H and O–H groups in total. The highest BCUT2D eigenvalue weighted by Gasteiger charge is 2.36. The lowest BCUT2D eigenvalue weighted by atomic mass is 10.2. The second kappa shape index (κ2) is 11.2. The molecule has 122 valence electrons. The normalized spacial score (nSPS) is 13.8. The zero-order valence-electron chi connectivity index (χ0n) is 15.9. The maximum absolute atomic E-state index is 4.64. The Bertz CT molecular complexity index is 217. The van der Waals surface area contributed by atoms with Gasteiger partial charge in [0.25, 0.3) is 0 Å². The van der Waals surface area contributed by atoms with E-state index in [1.165, 1.54) is 20.4 Å². The molecule has 0 bridgehead atoms. The summed E-state index contributed by atoms with van der Waals surface area (Å²) in [7, 11) is 3.17. The molecule has 0 spiro atoms. The molecule has 0 rings (SSSR count). The lowest BCUT2D eigenvalue weighted by Gasteiger charge is -2.45. The van der Waals surface area contributed by atoms with E-state index in [1.54, 1.807) is 0 Å². The van der Waals surface area contributed by atoms with Gasteiger partial charge in [-0.2, -0.15) is 0 Å². The van der Waals surface area contributed by atoms with E-state index in [9.17, 15) is 0 Å². The summed E-state index contributed by atoms with van der Waals surface area (Å²) >= 11 is 9.28. The van der Waals surface area contributed by atoms with Crippen molar-refractivity contribution in [2.45, 2.75) is 77.8 Å². The van der Waals surface area contributed by atoms with Crippen LogP contribution in [0.4, 0.5) is 0 Å². The van der Waals surface area contributed by atoms with Crippen molar-refractivity contribution in [3.8, 4) is 0 Å². The molecule has 0 aliphatic rings. The van der Waals surface area contributed by atoms with Gasteiger partial charge in [-0.05, 0) is 28.0 Å². The molecule has 0 aromatic rings. The number of hydrogen-bond acceptors (Lipinski definition) is 0. The second-order valence-corrected chi connectivity index (χ2v) is 15.2. The minimum absolute atomic E-state index is 0.0824. The summed E-state index contributed by atoms with van der Waals surface area (Å²) in [6.45, 7) is 24.2. The van der Waals surface area contributed by atoms with Crippen LogP contribution in [0.15, 0.2) is 0 Å². The molecule has 0 saturated carbocycles. The topological polar surface area (TPSA) is 0 Å².